The van der Waals surface area contributed by atoms with Crippen molar-refractivity contribution in [3.8, 4) is 17.6 Å². The zero-order valence-corrected chi connectivity index (χ0v) is 17.4. The molecule has 2 aromatic carbocycles. The summed E-state index contributed by atoms with van der Waals surface area (Å²) in [5, 5.41) is 8.56. The van der Waals surface area contributed by atoms with E-state index in [1.165, 1.54) is 4.90 Å². The lowest BCUT2D eigenvalue weighted by Crippen LogP contribution is -2.37. The average Bonchev–Trinajstić information content (AvgIpc) is 3.00. The lowest BCUT2D eigenvalue weighted by atomic mass is 10.1. The molecule has 0 aliphatic carbocycles. The van der Waals surface area contributed by atoms with E-state index in [4.69, 9.17) is 9.47 Å². The van der Waals surface area contributed by atoms with E-state index >= 15 is 0 Å². The molecule has 6 nitrogen and oxygen atoms in total. The number of nitrogens with zero attached hydrogens (tertiary/aromatic N) is 2. The van der Waals surface area contributed by atoms with Crippen LogP contribution in [0.4, 0.5) is 4.79 Å². The second kappa shape index (κ2) is 9.01. The van der Waals surface area contributed by atoms with Crippen LogP contribution >= 0.6 is 11.8 Å². The smallest absolute Gasteiger partial charge is 0.289 e. The number of imide groups is 1. The van der Waals surface area contributed by atoms with Crippen molar-refractivity contribution in [2.45, 2.75) is 38.2 Å². The SMILES string of the molecule is COc1cccc(CC2SC(=O)N(C(C)C)C2=O)c1OCc1ccccc1C#N. The Balaban J connectivity index is 1.84. The lowest BCUT2D eigenvalue weighted by molar-refractivity contribution is -0.127. The number of hydrogen-bond acceptors (Lipinski definition) is 6. The van der Waals surface area contributed by atoms with Crippen molar-refractivity contribution in [1.29, 1.82) is 5.26 Å². The van der Waals surface area contributed by atoms with Crippen LogP contribution in [0.1, 0.15) is 30.5 Å². The fourth-order valence-corrected chi connectivity index (χ4v) is 4.35. The maximum atomic E-state index is 12.7. The quantitative estimate of drug-likeness (QED) is 0.682. The highest BCUT2D eigenvalue weighted by Gasteiger charge is 2.41. The van der Waals surface area contributed by atoms with Gasteiger partial charge in [-0.2, -0.15) is 5.26 Å². The van der Waals surface area contributed by atoms with E-state index in [2.05, 4.69) is 6.07 Å². The maximum Gasteiger partial charge on any atom is 0.289 e. The Morgan fingerprint density at radius 1 is 1.14 bits per heavy atom. The Labute approximate surface area is 174 Å². The molecule has 0 spiro atoms. The van der Waals surface area contributed by atoms with Crippen LogP contribution in [0.25, 0.3) is 0 Å². The zero-order chi connectivity index (χ0) is 21.0. The van der Waals surface area contributed by atoms with E-state index in [1.807, 2.05) is 38.1 Å². The molecule has 3 rings (SSSR count). The summed E-state index contributed by atoms with van der Waals surface area (Å²) in [5.41, 5.74) is 2.09. The van der Waals surface area contributed by atoms with Gasteiger partial charge >= 0.3 is 0 Å². The molecule has 1 aliphatic heterocycles. The van der Waals surface area contributed by atoms with Crippen LogP contribution in [-0.4, -0.2) is 34.4 Å². The summed E-state index contributed by atoms with van der Waals surface area (Å²) >= 11 is 1.05. The van der Waals surface area contributed by atoms with Crippen molar-refractivity contribution in [2.24, 2.45) is 0 Å². The van der Waals surface area contributed by atoms with Crippen LogP contribution in [0.2, 0.25) is 0 Å². The number of amides is 2. The summed E-state index contributed by atoms with van der Waals surface area (Å²) < 4.78 is 11.5. The van der Waals surface area contributed by atoms with Gasteiger partial charge in [-0.15, -0.1) is 0 Å². The summed E-state index contributed by atoms with van der Waals surface area (Å²) in [6.45, 7) is 3.84. The third-order valence-electron chi connectivity index (χ3n) is 4.66. The molecule has 1 saturated heterocycles. The molecule has 7 heteroatoms. The molecule has 0 bridgehead atoms. The number of methoxy groups -OCH3 is 1. The molecule has 1 aliphatic rings. The summed E-state index contributed by atoms with van der Waals surface area (Å²) in [4.78, 5) is 26.2. The Morgan fingerprint density at radius 2 is 1.86 bits per heavy atom. The zero-order valence-electron chi connectivity index (χ0n) is 16.5. The Bertz CT molecular complexity index is 968. The van der Waals surface area contributed by atoms with E-state index in [0.717, 1.165) is 22.9 Å². The van der Waals surface area contributed by atoms with Crippen LogP contribution < -0.4 is 9.47 Å². The number of nitriles is 1. The molecule has 1 fully saturated rings. The first kappa shape index (κ1) is 20.7. The van der Waals surface area contributed by atoms with Crippen LogP contribution in [-0.2, 0) is 17.8 Å². The van der Waals surface area contributed by atoms with Gasteiger partial charge in [-0.25, -0.2) is 0 Å². The van der Waals surface area contributed by atoms with Gasteiger partial charge in [0.05, 0.1) is 24.0 Å². The van der Waals surface area contributed by atoms with Crippen molar-refractivity contribution in [3.63, 3.8) is 0 Å². The van der Waals surface area contributed by atoms with Crippen LogP contribution in [0.3, 0.4) is 0 Å². The third kappa shape index (κ3) is 4.38. The van der Waals surface area contributed by atoms with Crippen molar-refractivity contribution in [2.75, 3.05) is 7.11 Å². The largest absolute Gasteiger partial charge is 0.493 e. The van der Waals surface area contributed by atoms with Crippen LogP contribution in [0.5, 0.6) is 11.5 Å². The van der Waals surface area contributed by atoms with Gasteiger partial charge in [-0.1, -0.05) is 42.1 Å². The topological polar surface area (TPSA) is 79.6 Å². The minimum atomic E-state index is -0.495. The first-order chi connectivity index (χ1) is 14.0. The minimum absolute atomic E-state index is 0.170. The van der Waals surface area contributed by atoms with Crippen molar-refractivity contribution in [1.82, 2.24) is 4.90 Å². The van der Waals surface area contributed by atoms with Crippen molar-refractivity contribution in [3.05, 3.63) is 59.2 Å². The van der Waals surface area contributed by atoms with E-state index in [-0.39, 0.29) is 23.8 Å². The Morgan fingerprint density at radius 3 is 2.52 bits per heavy atom. The molecule has 1 heterocycles. The maximum absolute atomic E-state index is 12.7. The van der Waals surface area contributed by atoms with Crippen LogP contribution in [0.15, 0.2) is 42.5 Å². The summed E-state index contributed by atoms with van der Waals surface area (Å²) in [6, 6.07) is 14.7. The second-order valence-corrected chi connectivity index (χ2v) is 8.04. The number of rotatable bonds is 7. The number of carbonyl (C=O) groups excluding carboxylic acids is 2. The molecule has 150 valence electrons. The summed E-state index contributed by atoms with van der Waals surface area (Å²) in [7, 11) is 1.55. The van der Waals surface area contributed by atoms with E-state index in [9.17, 15) is 14.9 Å². The van der Waals surface area contributed by atoms with Gasteiger partial charge in [0.25, 0.3) is 5.24 Å². The molecule has 0 saturated carbocycles. The minimum Gasteiger partial charge on any atom is -0.493 e. The number of carbonyl (C=O) groups is 2. The average molecular weight is 410 g/mol. The molecule has 2 amide bonds. The van der Waals surface area contributed by atoms with E-state index < -0.39 is 5.25 Å². The van der Waals surface area contributed by atoms with E-state index in [1.54, 1.807) is 25.3 Å². The molecule has 29 heavy (non-hydrogen) atoms. The summed E-state index contributed by atoms with van der Waals surface area (Å²) in [5.74, 6) is 0.879. The van der Waals surface area contributed by atoms with Gasteiger partial charge in [-0.05, 0) is 38.0 Å². The monoisotopic (exact) mass is 410 g/mol. The second-order valence-electron chi connectivity index (χ2n) is 6.88. The number of benzene rings is 2. The van der Waals surface area contributed by atoms with Crippen molar-refractivity contribution >= 4 is 22.9 Å². The highest BCUT2D eigenvalue weighted by Crippen LogP contribution is 2.37. The number of ether oxygens (including phenoxy) is 2. The van der Waals surface area contributed by atoms with Gasteiger partial charge < -0.3 is 9.47 Å². The first-order valence-corrected chi connectivity index (χ1v) is 10.1. The Hall–Kier alpha value is -2.98. The van der Waals surface area contributed by atoms with Gasteiger partial charge in [-0.3, -0.25) is 14.5 Å². The Kier molecular flexibility index (Phi) is 6.45. The number of thioether (sulfide) groups is 1. The van der Waals surface area contributed by atoms with Gasteiger partial charge in [0.2, 0.25) is 5.91 Å². The van der Waals surface area contributed by atoms with Gasteiger partial charge in [0, 0.05) is 11.6 Å². The summed E-state index contributed by atoms with van der Waals surface area (Å²) in [6.07, 6.45) is 0.352. The fourth-order valence-electron chi connectivity index (χ4n) is 3.22. The molecule has 0 aromatic heterocycles. The molecular formula is C22H22N2O4S. The molecule has 1 atom stereocenters. The highest BCUT2D eigenvalue weighted by atomic mass is 32.2. The van der Waals surface area contributed by atoms with Gasteiger partial charge in [0.15, 0.2) is 11.5 Å². The standard InChI is InChI=1S/C22H22N2O4S/c1-14(2)24-21(25)19(29-22(24)26)11-15-9-6-10-18(27-3)20(15)28-13-17-8-5-4-7-16(17)12-23/h4-10,14,19H,11,13H2,1-3H3. The predicted octanol–water partition coefficient (Wildman–Crippen LogP) is 4.16. The van der Waals surface area contributed by atoms with Gasteiger partial charge in [0.1, 0.15) is 6.61 Å². The fraction of sp³-hybridized carbons (Fsp3) is 0.318. The lowest BCUT2D eigenvalue weighted by Gasteiger charge is -2.19. The third-order valence-corrected chi connectivity index (χ3v) is 5.72. The normalized spacial score (nSPS) is 16.2. The molecule has 0 radical (unpaired) electrons. The molecule has 2 aromatic rings. The predicted molar refractivity (Wildman–Crippen MR) is 111 cm³/mol. The van der Waals surface area contributed by atoms with Crippen LogP contribution in [0, 0.1) is 11.3 Å². The first-order valence-electron chi connectivity index (χ1n) is 9.26. The number of para-hydroxylation sites is 1. The van der Waals surface area contributed by atoms with Crippen molar-refractivity contribution < 1.29 is 19.1 Å². The van der Waals surface area contributed by atoms with E-state index in [0.29, 0.717) is 23.5 Å². The number of hydrogen-bond donors (Lipinski definition) is 0. The highest BCUT2D eigenvalue weighted by molar-refractivity contribution is 8.15. The molecule has 1 unspecified atom stereocenters. The molecule has 0 N–H and O–H groups in total. The molecular weight excluding hydrogens is 388 g/mol.